The van der Waals surface area contributed by atoms with Gasteiger partial charge in [0.05, 0.1) is 13.0 Å². The minimum absolute atomic E-state index is 0.125. The Morgan fingerprint density at radius 3 is 2.34 bits per heavy atom. The number of carboxylic acids is 2. The van der Waals surface area contributed by atoms with Crippen LogP contribution in [0.3, 0.4) is 0 Å². The van der Waals surface area contributed by atoms with Gasteiger partial charge in [-0.2, -0.15) is 0 Å². The van der Waals surface area contributed by atoms with Crippen LogP contribution in [0, 0.1) is 0 Å². The Hall–Kier alpha value is -3.44. The van der Waals surface area contributed by atoms with E-state index in [4.69, 9.17) is 5.11 Å². The summed E-state index contributed by atoms with van der Waals surface area (Å²) in [6, 6.07) is 4.31. The molecule has 4 rings (SSSR count). The molecule has 1 atom stereocenters. The van der Waals surface area contributed by atoms with Crippen molar-refractivity contribution in [1.29, 1.82) is 0 Å². The van der Waals surface area contributed by atoms with E-state index in [1.807, 2.05) is 9.80 Å². The van der Waals surface area contributed by atoms with Crippen LogP contribution < -0.4 is 5.32 Å². The number of rotatable bonds is 9. The van der Waals surface area contributed by atoms with Crippen molar-refractivity contribution in [1.82, 2.24) is 19.7 Å². The second-order valence-electron chi connectivity index (χ2n) is 9.09. The number of nitrogens with one attached hydrogen (secondary N) is 2. The number of nitrogens with zero attached hydrogens (tertiary/aromatic N) is 3. The van der Waals surface area contributed by atoms with E-state index in [0.29, 0.717) is 49.5 Å². The van der Waals surface area contributed by atoms with E-state index < -0.39 is 23.9 Å². The summed E-state index contributed by atoms with van der Waals surface area (Å²) >= 11 is 0. The highest BCUT2D eigenvalue weighted by atomic mass is 16.4. The predicted molar refractivity (Wildman–Crippen MR) is 128 cm³/mol. The first kappa shape index (κ1) is 24.7. The topological polar surface area (TPSA) is 146 Å². The molecule has 2 aliphatic heterocycles. The van der Waals surface area contributed by atoms with E-state index in [2.05, 4.69) is 15.2 Å². The number of likely N-dealkylation sites (tertiary alicyclic amines) is 1. The molecule has 0 aliphatic carbocycles. The van der Waals surface area contributed by atoms with E-state index in [9.17, 15) is 24.3 Å². The van der Waals surface area contributed by atoms with Gasteiger partial charge < -0.3 is 25.4 Å². The maximum atomic E-state index is 12.5. The van der Waals surface area contributed by atoms with Crippen LogP contribution in [0.15, 0.2) is 24.4 Å². The zero-order chi connectivity index (χ0) is 24.9. The van der Waals surface area contributed by atoms with Crippen LogP contribution in [0.4, 0.5) is 5.69 Å². The number of aromatic nitrogens is 1. The van der Waals surface area contributed by atoms with Crippen LogP contribution in [-0.4, -0.2) is 99.5 Å². The fourth-order valence-corrected chi connectivity index (χ4v) is 4.82. The molecule has 1 aromatic heterocycles. The molecule has 2 fully saturated rings. The maximum Gasteiger partial charge on any atom is 0.325 e. The molecule has 0 radical (unpaired) electrons. The minimum Gasteiger partial charge on any atom is -0.481 e. The number of piperazine rings is 1. The van der Waals surface area contributed by atoms with Gasteiger partial charge in [-0.25, -0.2) is 0 Å². The van der Waals surface area contributed by atoms with Crippen LogP contribution in [0.5, 0.6) is 0 Å². The average Bonchev–Trinajstić information content (AvgIpc) is 3.49. The second-order valence-corrected chi connectivity index (χ2v) is 9.09. The lowest BCUT2D eigenvalue weighted by Gasteiger charge is -2.37. The van der Waals surface area contributed by atoms with E-state index >= 15 is 0 Å². The molecule has 11 nitrogen and oxygen atoms in total. The Bertz CT molecular complexity index is 1100. The van der Waals surface area contributed by atoms with Crippen molar-refractivity contribution in [3.8, 4) is 0 Å². The Labute approximate surface area is 202 Å². The van der Waals surface area contributed by atoms with E-state index in [1.54, 1.807) is 24.4 Å². The normalized spacial score (nSPS) is 18.0. The summed E-state index contributed by atoms with van der Waals surface area (Å²) in [5, 5.41) is 22.2. The van der Waals surface area contributed by atoms with E-state index in [0.717, 1.165) is 31.3 Å². The summed E-state index contributed by atoms with van der Waals surface area (Å²) in [5.41, 5.74) is 1.82. The highest BCUT2D eigenvalue weighted by molar-refractivity contribution is 5.96. The van der Waals surface area contributed by atoms with Gasteiger partial charge in [0.1, 0.15) is 6.04 Å². The van der Waals surface area contributed by atoms with Crippen LogP contribution >= 0.6 is 0 Å². The van der Waals surface area contributed by atoms with Crippen molar-refractivity contribution < 1.29 is 29.4 Å². The molecule has 188 valence electrons. The van der Waals surface area contributed by atoms with E-state index in [1.165, 1.54) is 0 Å². The molecule has 2 aliphatic rings. The largest absolute Gasteiger partial charge is 0.481 e. The van der Waals surface area contributed by atoms with Crippen molar-refractivity contribution in [3.05, 3.63) is 30.0 Å². The third-order valence-corrected chi connectivity index (χ3v) is 6.68. The summed E-state index contributed by atoms with van der Waals surface area (Å²) < 4.78 is 0. The van der Waals surface area contributed by atoms with Crippen molar-refractivity contribution in [3.63, 3.8) is 0 Å². The molecule has 3 heterocycles. The SMILES string of the molecule is O=C(O)CCC(=O)Nc1ccc2c([C@H](C(=O)O)N3CCN(CC(=O)N4CCCC4)CC3)c[nH]c2c1. The summed E-state index contributed by atoms with van der Waals surface area (Å²) in [5.74, 6) is -2.24. The summed E-state index contributed by atoms with van der Waals surface area (Å²) in [6.45, 7) is 4.35. The van der Waals surface area contributed by atoms with Gasteiger partial charge in [0.2, 0.25) is 11.8 Å². The molecule has 2 saturated heterocycles. The van der Waals surface area contributed by atoms with Crippen molar-refractivity contribution in [2.75, 3.05) is 51.1 Å². The fraction of sp³-hybridized carbons (Fsp3) is 0.500. The molecular formula is C24H31N5O6. The third-order valence-electron chi connectivity index (χ3n) is 6.68. The number of benzene rings is 1. The number of hydrogen-bond acceptors (Lipinski definition) is 6. The first-order chi connectivity index (χ1) is 16.8. The predicted octanol–water partition coefficient (Wildman–Crippen LogP) is 1.34. The number of aromatic amines is 1. The van der Waals surface area contributed by atoms with Gasteiger partial charge in [-0.15, -0.1) is 0 Å². The number of fused-ring (bicyclic) bond motifs is 1. The van der Waals surface area contributed by atoms with E-state index in [-0.39, 0.29) is 18.7 Å². The van der Waals surface area contributed by atoms with Crippen LogP contribution in [-0.2, 0) is 19.2 Å². The summed E-state index contributed by atoms with van der Waals surface area (Å²) in [7, 11) is 0. The molecule has 0 saturated carbocycles. The Balaban J connectivity index is 1.40. The molecule has 2 amide bonds. The highest BCUT2D eigenvalue weighted by Crippen LogP contribution is 2.31. The van der Waals surface area contributed by atoms with Crippen LogP contribution in [0.2, 0.25) is 0 Å². The Morgan fingerprint density at radius 1 is 0.971 bits per heavy atom. The Kier molecular flexibility index (Phi) is 7.67. The molecule has 2 aromatic rings. The Morgan fingerprint density at radius 2 is 1.69 bits per heavy atom. The number of hydrogen-bond donors (Lipinski definition) is 4. The molecular weight excluding hydrogens is 454 g/mol. The average molecular weight is 486 g/mol. The minimum atomic E-state index is -1.04. The van der Waals surface area contributed by atoms with Gasteiger partial charge in [-0.1, -0.05) is 6.07 Å². The number of carbonyl (C=O) groups is 4. The molecule has 1 aromatic carbocycles. The molecule has 35 heavy (non-hydrogen) atoms. The third kappa shape index (κ3) is 5.98. The molecule has 0 unspecified atom stereocenters. The van der Waals surface area contributed by atoms with Gasteiger partial charge in [0, 0.05) is 74.0 Å². The zero-order valence-corrected chi connectivity index (χ0v) is 19.5. The standard InChI is InChI=1S/C24H31N5O6/c30-20(5-6-22(32)33)26-16-3-4-17-18(14-25-19(17)13-16)23(24(34)35)29-11-9-27(10-12-29)15-21(31)28-7-1-2-8-28/h3-4,13-14,23,25H,1-2,5-12,15H2,(H,26,30)(H,32,33)(H,34,35)/t23-/m1/s1. The maximum absolute atomic E-state index is 12.5. The monoisotopic (exact) mass is 485 g/mol. The van der Waals surface area contributed by atoms with Gasteiger partial charge in [0.15, 0.2) is 0 Å². The second kappa shape index (κ2) is 10.9. The first-order valence-corrected chi connectivity index (χ1v) is 11.9. The lowest BCUT2D eigenvalue weighted by atomic mass is 10.0. The van der Waals surface area contributed by atoms with Gasteiger partial charge >= 0.3 is 11.9 Å². The lowest BCUT2D eigenvalue weighted by Crippen LogP contribution is -2.51. The first-order valence-electron chi connectivity index (χ1n) is 11.9. The molecule has 11 heteroatoms. The van der Waals surface area contributed by atoms with Crippen molar-refractivity contribution in [2.24, 2.45) is 0 Å². The van der Waals surface area contributed by atoms with Gasteiger partial charge in [0.25, 0.3) is 0 Å². The summed E-state index contributed by atoms with van der Waals surface area (Å²) in [4.78, 5) is 56.3. The highest BCUT2D eigenvalue weighted by Gasteiger charge is 2.33. The quantitative estimate of drug-likeness (QED) is 0.416. The number of H-pyrrole nitrogens is 1. The number of amides is 2. The number of anilines is 1. The smallest absolute Gasteiger partial charge is 0.325 e. The molecule has 0 spiro atoms. The van der Waals surface area contributed by atoms with Gasteiger partial charge in [-0.05, 0) is 25.0 Å². The lowest BCUT2D eigenvalue weighted by molar-refractivity contribution is -0.145. The molecule has 4 N–H and O–H groups in total. The molecule has 0 bridgehead atoms. The number of carboxylic acid groups (broad SMARTS) is 2. The number of carbonyl (C=O) groups excluding carboxylic acids is 2. The van der Waals surface area contributed by atoms with Crippen molar-refractivity contribution in [2.45, 2.75) is 31.7 Å². The van der Waals surface area contributed by atoms with Crippen LogP contribution in [0.25, 0.3) is 10.9 Å². The van der Waals surface area contributed by atoms with Crippen LogP contribution in [0.1, 0.15) is 37.3 Å². The summed E-state index contributed by atoms with van der Waals surface area (Å²) in [6.07, 6.45) is 3.43. The van der Waals surface area contributed by atoms with Crippen molar-refractivity contribution >= 4 is 40.3 Å². The number of aliphatic carboxylic acids is 2. The zero-order valence-electron chi connectivity index (χ0n) is 19.5. The van der Waals surface area contributed by atoms with Gasteiger partial charge in [-0.3, -0.25) is 29.0 Å². The fourth-order valence-electron chi connectivity index (χ4n) is 4.82.